The van der Waals surface area contributed by atoms with E-state index in [9.17, 15) is 13.6 Å². The van der Waals surface area contributed by atoms with Crippen LogP contribution in [0.4, 0.5) is 8.78 Å². The molecule has 0 saturated heterocycles. The number of hydrogen-bond donors (Lipinski definition) is 1. The number of carbonyl (C=O) groups excluding carboxylic acids is 1. The summed E-state index contributed by atoms with van der Waals surface area (Å²) in [5, 5.41) is 0. The molecule has 0 heterocycles. The van der Waals surface area contributed by atoms with Crippen LogP contribution in [-0.2, 0) is 9.45 Å². The highest BCUT2D eigenvalue weighted by molar-refractivity contribution is 6.81. The highest BCUT2D eigenvalue weighted by Crippen LogP contribution is 2.06. The van der Waals surface area contributed by atoms with E-state index in [4.69, 9.17) is 10.4 Å². The number of hydrogen-bond acceptors (Lipinski definition) is 3. The number of benzene rings is 2. The van der Waals surface area contributed by atoms with Crippen molar-refractivity contribution in [2.45, 2.75) is 26.3 Å². The summed E-state index contributed by atoms with van der Waals surface area (Å²) in [5.74, 6) is -1.07. The van der Waals surface area contributed by atoms with Gasteiger partial charge in [-0.3, -0.25) is 4.79 Å². The van der Waals surface area contributed by atoms with Gasteiger partial charge >= 0.3 is 12.9 Å². The Kier molecular flexibility index (Phi) is 6.09. The van der Waals surface area contributed by atoms with Crippen LogP contribution in [0.5, 0.6) is 0 Å². The van der Waals surface area contributed by atoms with Crippen molar-refractivity contribution < 1.29 is 18.2 Å². The largest absolute Gasteiger partial charge is 0.525 e. The van der Waals surface area contributed by atoms with Gasteiger partial charge in [0.05, 0.1) is 0 Å². The van der Waals surface area contributed by atoms with Crippen molar-refractivity contribution >= 4 is 23.8 Å². The van der Waals surface area contributed by atoms with Gasteiger partial charge in [-0.2, -0.15) is 0 Å². The Morgan fingerprint density at radius 3 is 1.79 bits per heavy atom. The molecule has 2 aromatic rings. The van der Waals surface area contributed by atoms with E-state index in [1.54, 1.807) is 0 Å². The summed E-state index contributed by atoms with van der Waals surface area (Å²) in [6.45, 7) is 3.16. The molecular weight excluding hydrogens is 311 g/mol. The van der Waals surface area contributed by atoms with Crippen LogP contribution >= 0.6 is 0 Å². The number of carbonyl (C=O) groups is 1. The maximum atomic E-state index is 13.2. The lowest BCUT2D eigenvalue weighted by molar-refractivity contribution is -0.136. The van der Waals surface area contributed by atoms with Crippen LogP contribution in [0.2, 0.25) is 0 Å². The first-order valence-electron chi connectivity index (χ1n) is 7.84. The zero-order valence-corrected chi connectivity index (χ0v) is 13.7. The molecule has 0 unspecified atom stereocenters. The Labute approximate surface area is 140 Å². The van der Waals surface area contributed by atoms with Gasteiger partial charge in [0.1, 0.15) is 17.7 Å². The summed E-state index contributed by atoms with van der Waals surface area (Å²) >= 11 is 0. The van der Waals surface area contributed by atoms with Crippen LogP contribution in [-0.4, -0.2) is 18.9 Å². The predicted molar refractivity (Wildman–Crippen MR) is 91.3 cm³/mol. The lowest BCUT2D eigenvalue weighted by atomic mass is 9.55. The van der Waals surface area contributed by atoms with Crippen molar-refractivity contribution in [2.24, 2.45) is 11.7 Å². The number of halogens is 2. The molecule has 2 N–H and O–H groups in total. The van der Waals surface area contributed by atoms with Crippen LogP contribution in [0.3, 0.4) is 0 Å². The molecule has 2 rings (SSSR count). The smallest absolute Gasteiger partial charge is 0.429 e. The highest BCUT2D eigenvalue weighted by Gasteiger charge is 2.28. The molecule has 0 bridgehead atoms. The second-order valence-electron chi connectivity index (χ2n) is 6.16. The maximum absolute atomic E-state index is 13.2. The quantitative estimate of drug-likeness (QED) is 0.824. The molecule has 0 aliphatic rings. The minimum absolute atomic E-state index is 0.252. The molecule has 0 aliphatic carbocycles. The van der Waals surface area contributed by atoms with Crippen molar-refractivity contribution in [3.63, 3.8) is 0 Å². The fourth-order valence-corrected chi connectivity index (χ4v) is 2.41. The van der Waals surface area contributed by atoms with Gasteiger partial charge in [-0.1, -0.05) is 38.1 Å². The normalized spacial score (nSPS) is 12.1. The minimum atomic E-state index is -0.767. The Morgan fingerprint density at radius 2 is 1.42 bits per heavy atom. The minimum Gasteiger partial charge on any atom is -0.525 e. The highest BCUT2D eigenvalue weighted by atomic mass is 19.1. The number of nitrogens with two attached hydrogens (primary N) is 1. The third-order valence-corrected chi connectivity index (χ3v) is 3.61. The molecule has 2 aromatic carbocycles. The second kappa shape index (κ2) is 8.06. The van der Waals surface area contributed by atoms with E-state index in [-0.39, 0.29) is 17.6 Å². The second-order valence-corrected chi connectivity index (χ2v) is 6.16. The van der Waals surface area contributed by atoms with Crippen LogP contribution in [0.25, 0.3) is 0 Å². The Balaban J connectivity index is 2.27. The Hall–Kier alpha value is -2.21. The summed E-state index contributed by atoms with van der Waals surface area (Å²) in [7, 11) is 0. The van der Waals surface area contributed by atoms with Gasteiger partial charge in [0.15, 0.2) is 0 Å². The van der Waals surface area contributed by atoms with Crippen LogP contribution < -0.4 is 16.7 Å². The van der Waals surface area contributed by atoms with Gasteiger partial charge in [0, 0.05) is 0 Å². The molecule has 6 heteroatoms. The van der Waals surface area contributed by atoms with E-state index in [2.05, 4.69) is 0 Å². The van der Waals surface area contributed by atoms with Gasteiger partial charge < -0.3 is 10.4 Å². The van der Waals surface area contributed by atoms with Crippen LogP contribution in [0.15, 0.2) is 48.5 Å². The summed E-state index contributed by atoms with van der Waals surface area (Å²) in [6, 6.07) is 10.5. The van der Waals surface area contributed by atoms with E-state index in [1.165, 1.54) is 48.5 Å². The first-order valence-corrected chi connectivity index (χ1v) is 7.84. The lowest BCUT2D eigenvalue weighted by Crippen LogP contribution is -2.49. The molecule has 24 heavy (non-hydrogen) atoms. The SMILES string of the molecule is CC(C)C[C@H](N)C(=O)OB(c1ccc(F)cc1)c1ccc(F)cc1. The number of rotatable bonds is 6. The van der Waals surface area contributed by atoms with Crippen molar-refractivity contribution in [3.8, 4) is 0 Å². The zero-order chi connectivity index (χ0) is 17.7. The van der Waals surface area contributed by atoms with E-state index < -0.39 is 18.9 Å². The van der Waals surface area contributed by atoms with Gasteiger partial charge in [0.2, 0.25) is 0 Å². The van der Waals surface area contributed by atoms with Crippen LogP contribution in [0.1, 0.15) is 20.3 Å². The summed E-state index contributed by atoms with van der Waals surface area (Å²) in [5.41, 5.74) is 7.06. The maximum Gasteiger partial charge on any atom is 0.429 e. The van der Waals surface area contributed by atoms with Crippen molar-refractivity contribution in [1.82, 2.24) is 0 Å². The van der Waals surface area contributed by atoms with Gasteiger partial charge in [-0.25, -0.2) is 8.78 Å². The Bertz CT molecular complexity index is 629. The molecule has 0 aromatic heterocycles. The average Bonchev–Trinajstić information content (AvgIpc) is 2.53. The fourth-order valence-electron chi connectivity index (χ4n) is 2.41. The first kappa shape index (κ1) is 18.1. The lowest BCUT2D eigenvalue weighted by Gasteiger charge is -2.19. The van der Waals surface area contributed by atoms with Crippen molar-refractivity contribution in [3.05, 3.63) is 60.2 Å². The molecule has 0 amide bonds. The van der Waals surface area contributed by atoms with E-state index in [0.29, 0.717) is 17.3 Å². The molecule has 3 nitrogen and oxygen atoms in total. The average molecular weight is 331 g/mol. The zero-order valence-electron chi connectivity index (χ0n) is 13.7. The molecule has 0 spiro atoms. The van der Waals surface area contributed by atoms with Crippen molar-refractivity contribution in [2.75, 3.05) is 0 Å². The first-order chi connectivity index (χ1) is 11.4. The van der Waals surface area contributed by atoms with Crippen molar-refractivity contribution in [1.29, 1.82) is 0 Å². The fraction of sp³-hybridized carbons (Fsp3) is 0.278. The third-order valence-electron chi connectivity index (χ3n) is 3.61. The molecule has 1 atom stereocenters. The summed E-state index contributed by atoms with van der Waals surface area (Å²) < 4.78 is 31.9. The van der Waals surface area contributed by atoms with E-state index >= 15 is 0 Å². The van der Waals surface area contributed by atoms with Gasteiger partial charge in [0.25, 0.3) is 0 Å². The monoisotopic (exact) mass is 331 g/mol. The molecular formula is C18H20BF2NO2. The van der Waals surface area contributed by atoms with E-state index in [1.807, 2.05) is 13.8 Å². The molecule has 0 fully saturated rings. The van der Waals surface area contributed by atoms with Gasteiger partial charge in [-0.05, 0) is 47.5 Å². The summed E-state index contributed by atoms with van der Waals surface area (Å²) in [4.78, 5) is 12.3. The molecule has 0 radical (unpaired) electrons. The van der Waals surface area contributed by atoms with Crippen LogP contribution in [0, 0.1) is 17.6 Å². The van der Waals surface area contributed by atoms with E-state index in [0.717, 1.165) is 0 Å². The third kappa shape index (κ3) is 4.90. The summed E-state index contributed by atoms with van der Waals surface area (Å²) in [6.07, 6.45) is 0.498. The molecule has 0 aliphatic heterocycles. The van der Waals surface area contributed by atoms with Gasteiger partial charge in [-0.15, -0.1) is 0 Å². The molecule has 126 valence electrons. The molecule has 0 saturated carbocycles. The topological polar surface area (TPSA) is 52.3 Å². The standard InChI is InChI=1S/C18H20BF2NO2/c1-12(2)11-17(22)18(23)24-19(13-3-7-15(20)8-4-13)14-5-9-16(21)10-6-14/h3-10,12,17H,11,22H2,1-2H3/t17-/m0/s1. The predicted octanol–water partition coefficient (Wildman–Crippen LogP) is 1.99. The Morgan fingerprint density at radius 1 is 1.00 bits per heavy atom.